The van der Waals surface area contributed by atoms with Crippen LogP contribution in [-0.2, 0) is 20.7 Å². The molecule has 0 radical (unpaired) electrons. The lowest BCUT2D eigenvalue weighted by Gasteiger charge is -2.36. The normalized spacial score (nSPS) is 18.8. The number of hydrogen-bond donors (Lipinski definition) is 1. The summed E-state index contributed by atoms with van der Waals surface area (Å²) in [5.41, 5.74) is 3.00. The van der Waals surface area contributed by atoms with Crippen LogP contribution in [0.4, 0.5) is 0 Å². The second-order valence-electron chi connectivity index (χ2n) is 8.71. The van der Waals surface area contributed by atoms with Crippen molar-refractivity contribution in [2.75, 3.05) is 59.7 Å². The average Bonchev–Trinajstić information content (AvgIpc) is 2.85. The highest BCUT2D eigenvalue weighted by Gasteiger charge is 2.40. The Morgan fingerprint density at radius 3 is 2.44 bits per heavy atom. The molecule has 0 bridgehead atoms. The zero-order valence-electron chi connectivity index (χ0n) is 19.0. The molecule has 2 heterocycles. The number of nitrogens with one attached hydrogen (secondary N) is 1. The van der Waals surface area contributed by atoms with Crippen LogP contribution in [-0.4, -0.2) is 70.5 Å². The lowest BCUT2D eigenvalue weighted by Crippen LogP contribution is -2.48. The number of carbonyl (C=O) groups is 1. The highest BCUT2D eigenvalue weighted by molar-refractivity contribution is 5.83. The van der Waals surface area contributed by atoms with Gasteiger partial charge >= 0.3 is 0 Å². The molecular weight excluding hydrogens is 404 g/mol. The molecule has 2 aliphatic heterocycles. The van der Waals surface area contributed by atoms with Gasteiger partial charge < -0.3 is 19.5 Å². The number of rotatable bonds is 8. The van der Waals surface area contributed by atoms with E-state index in [0.717, 1.165) is 69.0 Å². The van der Waals surface area contributed by atoms with Crippen LogP contribution in [0.1, 0.15) is 18.4 Å². The van der Waals surface area contributed by atoms with E-state index in [9.17, 15) is 4.79 Å². The molecule has 0 spiro atoms. The summed E-state index contributed by atoms with van der Waals surface area (Å²) in [4.78, 5) is 15.7. The van der Waals surface area contributed by atoms with Crippen LogP contribution in [0.3, 0.4) is 0 Å². The molecule has 1 amide bonds. The Balaban J connectivity index is 1.45. The molecule has 2 aromatic rings. The summed E-state index contributed by atoms with van der Waals surface area (Å²) in [6, 6.07) is 16.6. The fraction of sp³-hybridized carbons (Fsp3) is 0.500. The van der Waals surface area contributed by atoms with E-state index >= 15 is 0 Å². The van der Waals surface area contributed by atoms with E-state index in [0.29, 0.717) is 19.8 Å². The first-order valence-electron chi connectivity index (χ1n) is 11.6. The fourth-order valence-corrected chi connectivity index (χ4v) is 4.64. The summed E-state index contributed by atoms with van der Waals surface area (Å²) in [5.74, 6) is 0.995. The van der Waals surface area contributed by atoms with Crippen LogP contribution in [0.5, 0.6) is 5.75 Å². The minimum atomic E-state index is -0.420. The molecule has 0 aromatic heterocycles. The zero-order valence-corrected chi connectivity index (χ0v) is 19.0. The molecule has 0 saturated carbocycles. The topological polar surface area (TPSA) is 60.0 Å². The second kappa shape index (κ2) is 10.9. The molecule has 4 rings (SSSR count). The molecule has 0 aliphatic carbocycles. The number of ether oxygens (including phenoxy) is 3. The number of carbonyl (C=O) groups excluding carboxylic acids is 1. The summed E-state index contributed by atoms with van der Waals surface area (Å²) < 4.78 is 16.4. The summed E-state index contributed by atoms with van der Waals surface area (Å²) >= 11 is 0. The van der Waals surface area contributed by atoms with Crippen molar-refractivity contribution in [2.45, 2.75) is 19.3 Å². The monoisotopic (exact) mass is 438 g/mol. The van der Waals surface area contributed by atoms with Gasteiger partial charge in [0.1, 0.15) is 5.75 Å². The lowest BCUT2D eigenvalue weighted by atomic mass is 9.74. The van der Waals surface area contributed by atoms with Gasteiger partial charge in [-0.2, -0.15) is 0 Å². The Kier molecular flexibility index (Phi) is 7.79. The highest BCUT2D eigenvalue weighted by atomic mass is 16.5. The van der Waals surface area contributed by atoms with Gasteiger partial charge in [-0.15, -0.1) is 0 Å². The van der Waals surface area contributed by atoms with Crippen LogP contribution in [0, 0.1) is 5.41 Å². The molecule has 0 unspecified atom stereocenters. The van der Waals surface area contributed by atoms with Crippen molar-refractivity contribution in [3.05, 3.63) is 54.1 Å². The van der Waals surface area contributed by atoms with Crippen LogP contribution in [0.2, 0.25) is 0 Å². The van der Waals surface area contributed by atoms with Crippen molar-refractivity contribution in [1.29, 1.82) is 0 Å². The maximum absolute atomic E-state index is 13.4. The van der Waals surface area contributed by atoms with E-state index in [4.69, 9.17) is 14.2 Å². The standard InChI is InChI=1S/C26H34N2O4/c1-30-24-7-3-6-23(19-24)22-5-2-4-21(18-22)20-26(8-14-31-15-9-26)25(29)27-10-11-28-12-16-32-17-13-28/h2-7,18-19H,8-17,20H2,1H3,(H,27,29). The SMILES string of the molecule is COc1cccc(-c2cccc(CC3(C(=O)NCCN4CCOCC4)CCOCC3)c2)c1. The summed E-state index contributed by atoms with van der Waals surface area (Å²) in [7, 11) is 1.68. The first-order valence-corrected chi connectivity index (χ1v) is 11.6. The van der Waals surface area contributed by atoms with Crippen LogP contribution in [0.25, 0.3) is 11.1 Å². The van der Waals surface area contributed by atoms with Crippen molar-refractivity contribution >= 4 is 5.91 Å². The van der Waals surface area contributed by atoms with Gasteiger partial charge in [-0.25, -0.2) is 0 Å². The Labute approximate surface area is 190 Å². The molecule has 2 saturated heterocycles. The minimum Gasteiger partial charge on any atom is -0.497 e. The molecule has 2 fully saturated rings. The maximum atomic E-state index is 13.4. The van der Waals surface area contributed by atoms with Gasteiger partial charge in [0.05, 0.1) is 25.7 Å². The summed E-state index contributed by atoms with van der Waals surface area (Å²) in [6.45, 7) is 6.23. The van der Waals surface area contributed by atoms with Gasteiger partial charge in [-0.1, -0.05) is 36.4 Å². The van der Waals surface area contributed by atoms with Gasteiger partial charge in [0, 0.05) is 39.4 Å². The molecule has 2 aliphatic rings. The molecule has 6 heteroatoms. The van der Waals surface area contributed by atoms with Crippen molar-refractivity contribution in [3.63, 3.8) is 0 Å². The lowest BCUT2D eigenvalue weighted by molar-refractivity contribution is -0.136. The third-order valence-corrected chi connectivity index (χ3v) is 6.62. The minimum absolute atomic E-state index is 0.154. The predicted molar refractivity (Wildman–Crippen MR) is 125 cm³/mol. The van der Waals surface area contributed by atoms with Crippen molar-refractivity contribution in [2.24, 2.45) is 5.41 Å². The first kappa shape index (κ1) is 22.8. The van der Waals surface area contributed by atoms with Crippen LogP contribution >= 0.6 is 0 Å². The second-order valence-corrected chi connectivity index (χ2v) is 8.71. The van der Waals surface area contributed by atoms with Gasteiger partial charge in [0.25, 0.3) is 0 Å². The number of nitrogens with zero attached hydrogens (tertiary/aromatic N) is 1. The van der Waals surface area contributed by atoms with E-state index in [1.807, 2.05) is 18.2 Å². The highest BCUT2D eigenvalue weighted by Crippen LogP contribution is 2.36. The summed E-state index contributed by atoms with van der Waals surface area (Å²) in [5, 5.41) is 3.23. The Morgan fingerprint density at radius 2 is 1.69 bits per heavy atom. The number of methoxy groups -OCH3 is 1. The maximum Gasteiger partial charge on any atom is 0.226 e. The van der Waals surface area contributed by atoms with E-state index in [1.54, 1.807) is 7.11 Å². The largest absolute Gasteiger partial charge is 0.497 e. The molecule has 32 heavy (non-hydrogen) atoms. The Morgan fingerprint density at radius 1 is 1.00 bits per heavy atom. The van der Waals surface area contributed by atoms with Gasteiger partial charge in [-0.3, -0.25) is 9.69 Å². The summed E-state index contributed by atoms with van der Waals surface area (Å²) in [6.07, 6.45) is 2.22. The first-order chi connectivity index (χ1) is 15.7. The van der Waals surface area contributed by atoms with E-state index in [-0.39, 0.29) is 5.91 Å². The average molecular weight is 439 g/mol. The quantitative estimate of drug-likeness (QED) is 0.686. The molecular formula is C26H34N2O4. The van der Waals surface area contributed by atoms with Crippen molar-refractivity contribution < 1.29 is 19.0 Å². The number of hydrogen-bond acceptors (Lipinski definition) is 5. The smallest absolute Gasteiger partial charge is 0.226 e. The van der Waals surface area contributed by atoms with Gasteiger partial charge in [0.15, 0.2) is 0 Å². The molecule has 6 nitrogen and oxygen atoms in total. The molecule has 1 N–H and O–H groups in total. The number of benzene rings is 2. The van der Waals surface area contributed by atoms with Crippen molar-refractivity contribution in [1.82, 2.24) is 10.2 Å². The van der Waals surface area contributed by atoms with E-state index in [1.165, 1.54) is 5.56 Å². The number of morpholine rings is 1. The third kappa shape index (κ3) is 5.68. The Hall–Kier alpha value is -2.41. The molecule has 0 atom stereocenters. The third-order valence-electron chi connectivity index (χ3n) is 6.62. The van der Waals surface area contributed by atoms with E-state index in [2.05, 4.69) is 40.5 Å². The Bertz CT molecular complexity index is 889. The van der Waals surface area contributed by atoms with Crippen LogP contribution < -0.4 is 10.1 Å². The molecule has 172 valence electrons. The fourth-order valence-electron chi connectivity index (χ4n) is 4.64. The number of amides is 1. The van der Waals surface area contributed by atoms with Gasteiger partial charge in [0.2, 0.25) is 5.91 Å². The predicted octanol–water partition coefficient (Wildman–Crippen LogP) is 3.15. The molecule has 2 aromatic carbocycles. The zero-order chi connectivity index (χ0) is 22.2. The van der Waals surface area contributed by atoms with Crippen molar-refractivity contribution in [3.8, 4) is 16.9 Å². The van der Waals surface area contributed by atoms with E-state index < -0.39 is 5.41 Å². The van der Waals surface area contributed by atoms with Gasteiger partial charge in [-0.05, 0) is 48.1 Å². The van der Waals surface area contributed by atoms with Crippen LogP contribution in [0.15, 0.2) is 48.5 Å².